The number of rotatable bonds is 10. The molecule has 202 valence electrons. The summed E-state index contributed by atoms with van der Waals surface area (Å²) in [5.41, 5.74) is 4.72. The van der Waals surface area contributed by atoms with E-state index in [-0.39, 0.29) is 5.91 Å². The fourth-order valence-electron chi connectivity index (χ4n) is 5.05. The maximum absolute atomic E-state index is 13.8. The first kappa shape index (κ1) is 26.0. The highest BCUT2D eigenvalue weighted by atomic mass is 16.5. The second kappa shape index (κ2) is 11.0. The predicted molar refractivity (Wildman–Crippen MR) is 146 cm³/mol. The predicted octanol–water partition coefficient (Wildman–Crippen LogP) is 4.91. The van der Waals surface area contributed by atoms with Crippen molar-refractivity contribution in [3.8, 4) is 40.0 Å². The van der Waals surface area contributed by atoms with Gasteiger partial charge in [-0.05, 0) is 60.5 Å². The number of hydrogen-bond donors (Lipinski definition) is 1. The van der Waals surface area contributed by atoms with Crippen molar-refractivity contribution >= 4 is 5.91 Å². The second-order valence-electron chi connectivity index (χ2n) is 9.04. The number of aromatic nitrogens is 2. The third-order valence-electron chi connectivity index (χ3n) is 7.05. The van der Waals surface area contributed by atoms with Crippen molar-refractivity contribution in [2.75, 3.05) is 42.1 Å². The average Bonchev–Trinajstić information content (AvgIpc) is 3.54. The Hall–Kier alpha value is -4.66. The van der Waals surface area contributed by atoms with Crippen LogP contribution in [0.3, 0.4) is 0 Å². The molecular formula is C30H31N3O6. The molecule has 1 atom stereocenters. The molecule has 4 aromatic rings. The second-order valence-corrected chi connectivity index (χ2v) is 9.04. The lowest BCUT2D eigenvalue weighted by Crippen LogP contribution is -2.31. The topological polar surface area (TPSA) is 95.1 Å². The van der Waals surface area contributed by atoms with Gasteiger partial charge in [-0.3, -0.25) is 9.89 Å². The van der Waals surface area contributed by atoms with Crippen LogP contribution in [0.25, 0.3) is 11.3 Å². The number of methoxy groups -OCH3 is 5. The van der Waals surface area contributed by atoms with Gasteiger partial charge in [0.15, 0.2) is 11.5 Å². The average molecular weight is 530 g/mol. The summed E-state index contributed by atoms with van der Waals surface area (Å²) in [6.07, 6.45) is 0.608. The number of amides is 1. The molecule has 1 N–H and O–H groups in total. The molecule has 3 aromatic carbocycles. The van der Waals surface area contributed by atoms with E-state index in [2.05, 4.69) is 10.2 Å². The van der Waals surface area contributed by atoms with Gasteiger partial charge < -0.3 is 28.6 Å². The first-order chi connectivity index (χ1) is 19.0. The zero-order valence-electron chi connectivity index (χ0n) is 22.6. The lowest BCUT2D eigenvalue weighted by atomic mass is 9.95. The zero-order chi connectivity index (χ0) is 27.5. The van der Waals surface area contributed by atoms with E-state index in [1.807, 2.05) is 65.6 Å². The molecule has 5 rings (SSSR count). The van der Waals surface area contributed by atoms with Crippen LogP contribution in [0, 0.1) is 0 Å². The van der Waals surface area contributed by atoms with E-state index in [1.54, 1.807) is 35.5 Å². The van der Waals surface area contributed by atoms with Crippen molar-refractivity contribution in [3.05, 3.63) is 83.0 Å². The van der Waals surface area contributed by atoms with Gasteiger partial charge in [0.25, 0.3) is 5.91 Å². The van der Waals surface area contributed by atoms with Crippen molar-refractivity contribution in [1.82, 2.24) is 15.1 Å². The smallest absolute Gasteiger partial charge is 0.273 e. The molecule has 1 aliphatic heterocycles. The fourth-order valence-corrected chi connectivity index (χ4v) is 5.05. The molecule has 0 saturated heterocycles. The fraction of sp³-hybridized carbons (Fsp3) is 0.267. The molecular weight excluding hydrogens is 498 g/mol. The van der Waals surface area contributed by atoms with Gasteiger partial charge in [0.2, 0.25) is 0 Å². The Kier molecular flexibility index (Phi) is 7.31. The van der Waals surface area contributed by atoms with Gasteiger partial charge in [0.05, 0.1) is 47.3 Å². The van der Waals surface area contributed by atoms with E-state index in [4.69, 9.17) is 23.7 Å². The number of fused-ring (bicyclic) bond motifs is 1. The van der Waals surface area contributed by atoms with Crippen LogP contribution in [-0.4, -0.2) is 63.1 Å². The molecule has 9 heteroatoms. The van der Waals surface area contributed by atoms with E-state index < -0.39 is 6.04 Å². The number of nitrogens with zero attached hydrogens (tertiary/aromatic N) is 2. The summed E-state index contributed by atoms with van der Waals surface area (Å²) >= 11 is 0. The first-order valence-corrected chi connectivity index (χ1v) is 12.5. The summed E-state index contributed by atoms with van der Waals surface area (Å²) in [5, 5.41) is 7.57. The van der Waals surface area contributed by atoms with Gasteiger partial charge >= 0.3 is 0 Å². The number of H-pyrrole nitrogens is 1. The summed E-state index contributed by atoms with van der Waals surface area (Å²) in [6.45, 7) is 0.457. The molecule has 0 bridgehead atoms. The van der Waals surface area contributed by atoms with E-state index in [0.29, 0.717) is 47.4 Å². The summed E-state index contributed by atoms with van der Waals surface area (Å²) in [6, 6.07) is 18.7. The summed E-state index contributed by atoms with van der Waals surface area (Å²) in [7, 11) is 8.07. The van der Waals surface area contributed by atoms with Crippen molar-refractivity contribution < 1.29 is 28.5 Å². The standard InChI is InChI=1S/C30H31N3O6/c1-35-20-9-7-19(8-10-20)27-26-28(32-31-27)30(34)33(15-14-18-6-13-23(37-3)25(16-18)39-5)29(26)22-12-11-21(36-2)17-24(22)38-4/h6-13,16-17,29H,14-15H2,1-5H3,(H,31,32). The van der Waals surface area contributed by atoms with Gasteiger partial charge in [-0.2, -0.15) is 5.10 Å². The Balaban J connectivity index is 1.57. The Bertz CT molecular complexity index is 1480. The number of ether oxygens (including phenoxy) is 5. The molecule has 0 spiro atoms. The summed E-state index contributed by atoms with van der Waals surface area (Å²) in [4.78, 5) is 15.7. The lowest BCUT2D eigenvalue weighted by molar-refractivity contribution is 0.0744. The minimum absolute atomic E-state index is 0.124. The quantitative estimate of drug-likeness (QED) is 0.312. The zero-order valence-corrected chi connectivity index (χ0v) is 22.6. The van der Waals surface area contributed by atoms with Crippen LogP contribution in [0.1, 0.15) is 33.2 Å². The monoisotopic (exact) mass is 529 g/mol. The third kappa shape index (κ3) is 4.71. The lowest BCUT2D eigenvalue weighted by Gasteiger charge is -2.28. The van der Waals surface area contributed by atoms with Crippen LogP contribution in [0.2, 0.25) is 0 Å². The molecule has 1 amide bonds. The highest BCUT2D eigenvalue weighted by molar-refractivity contribution is 6.00. The maximum Gasteiger partial charge on any atom is 0.273 e. The Labute approximate surface area is 227 Å². The molecule has 0 radical (unpaired) electrons. The van der Waals surface area contributed by atoms with Crippen LogP contribution >= 0.6 is 0 Å². The van der Waals surface area contributed by atoms with E-state index >= 15 is 0 Å². The van der Waals surface area contributed by atoms with Crippen molar-refractivity contribution in [3.63, 3.8) is 0 Å². The number of hydrogen-bond acceptors (Lipinski definition) is 7. The molecule has 1 unspecified atom stereocenters. The van der Waals surface area contributed by atoms with E-state index in [9.17, 15) is 4.79 Å². The molecule has 39 heavy (non-hydrogen) atoms. The Morgan fingerprint density at radius 2 is 1.46 bits per heavy atom. The van der Waals surface area contributed by atoms with Crippen molar-refractivity contribution in [2.24, 2.45) is 0 Å². The number of aromatic amines is 1. The van der Waals surface area contributed by atoms with Crippen molar-refractivity contribution in [2.45, 2.75) is 12.5 Å². The van der Waals surface area contributed by atoms with Gasteiger partial charge in [-0.15, -0.1) is 0 Å². The molecule has 1 aliphatic rings. The van der Waals surface area contributed by atoms with E-state index in [1.165, 1.54) is 0 Å². The minimum atomic E-state index is -0.427. The SMILES string of the molecule is COc1ccc(-c2n[nH]c3c2C(c2ccc(OC)cc2OC)N(CCc2ccc(OC)c(OC)c2)C3=O)cc1. The van der Waals surface area contributed by atoms with Crippen LogP contribution in [0.4, 0.5) is 0 Å². The minimum Gasteiger partial charge on any atom is -0.497 e. The number of carbonyl (C=O) groups is 1. The van der Waals surface area contributed by atoms with Gasteiger partial charge in [-0.1, -0.05) is 6.07 Å². The van der Waals surface area contributed by atoms with E-state index in [0.717, 1.165) is 28.0 Å². The highest BCUT2D eigenvalue weighted by Crippen LogP contribution is 2.46. The number of carbonyl (C=O) groups excluding carboxylic acids is 1. The Morgan fingerprint density at radius 3 is 2.13 bits per heavy atom. The maximum atomic E-state index is 13.8. The van der Waals surface area contributed by atoms with Gasteiger partial charge in [0, 0.05) is 29.3 Å². The molecule has 0 saturated carbocycles. The number of nitrogens with one attached hydrogen (secondary N) is 1. The number of benzene rings is 3. The molecule has 2 heterocycles. The van der Waals surface area contributed by atoms with Gasteiger partial charge in [-0.25, -0.2) is 0 Å². The van der Waals surface area contributed by atoms with Gasteiger partial charge in [0.1, 0.15) is 22.9 Å². The van der Waals surface area contributed by atoms with Crippen LogP contribution < -0.4 is 23.7 Å². The molecule has 1 aromatic heterocycles. The molecule has 9 nitrogen and oxygen atoms in total. The van der Waals surface area contributed by atoms with Crippen LogP contribution in [0.5, 0.6) is 28.7 Å². The molecule has 0 aliphatic carbocycles. The summed E-state index contributed by atoms with van der Waals surface area (Å²) in [5.74, 6) is 3.21. The third-order valence-corrected chi connectivity index (χ3v) is 7.05. The van der Waals surface area contributed by atoms with Crippen LogP contribution in [-0.2, 0) is 6.42 Å². The largest absolute Gasteiger partial charge is 0.497 e. The highest BCUT2D eigenvalue weighted by Gasteiger charge is 2.43. The van der Waals surface area contributed by atoms with Crippen LogP contribution in [0.15, 0.2) is 60.7 Å². The molecule has 0 fully saturated rings. The Morgan fingerprint density at radius 1 is 0.769 bits per heavy atom. The van der Waals surface area contributed by atoms with Crippen molar-refractivity contribution in [1.29, 1.82) is 0 Å². The first-order valence-electron chi connectivity index (χ1n) is 12.5. The normalized spacial score (nSPS) is 14.2. The summed E-state index contributed by atoms with van der Waals surface area (Å²) < 4.78 is 27.4.